The average molecular weight is 245 g/mol. The van der Waals surface area contributed by atoms with Gasteiger partial charge < -0.3 is 5.32 Å². The lowest BCUT2D eigenvalue weighted by Gasteiger charge is -2.34. The molecule has 1 aliphatic rings. The summed E-state index contributed by atoms with van der Waals surface area (Å²) >= 11 is 0. The molecule has 1 aliphatic carbocycles. The van der Waals surface area contributed by atoms with E-state index in [4.69, 9.17) is 0 Å². The van der Waals surface area contributed by atoms with Crippen LogP contribution in [0.3, 0.4) is 0 Å². The summed E-state index contributed by atoms with van der Waals surface area (Å²) in [6, 6.07) is 8.12. The minimum atomic E-state index is 0.0825. The fraction of sp³-hybridized carbons (Fsp3) is 0.562. The number of hydrogen-bond donors (Lipinski definition) is 1. The van der Waals surface area contributed by atoms with Crippen LogP contribution in [-0.4, -0.2) is 11.9 Å². The number of hydrogen-bond acceptors (Lipinski definition) is 1. The van der Waals surface area contributed by atoms with Gasteiger partial charge in [-0.2, -0.15) is 0 Å². The van der Waals surface area contributed by atoms with Crippen LogP contribution in [0.4, 0.5) is 0 Å². The molecule has 1 N–H and O–H groups in total. The molecule has 2 heteroatoms. The van der Waals surface area contributed by atoms with E-state index in [-0.39, 0.29) is 5.91 Å². The van der Waals surface area contributed by atoms with E-state index >= 15 is 0 Å². The lowest BCUT2D eigenvalue weighted by molar-refractivity contribution is 0.0890. The summed E-state index contributed by atoms with van der Waals surface area (Å²) in [6.45, 7) is 6.53. The molecule has 98 valence electrons. The van der Waals surface area contributed by atoms with E-state index in [0.717, 1.165) is 17.5 Å². The highest BCUT2D eigenvalue weighted by atomic mass is 16.1. The highest BCUT2D eigenvalue weighted by Gasteiger charge is 2.28. The molecule has 1 aromatic carbocycles. The Bertz CT molecular complexity index is 427. The van der Waals surface area contributed by atoms with Crippen LogP contribution in [0.2, 0.25) is 0 Å². The maximum atomic E-state index is 12.3. The number of nitrogens with one attached hydrogen (secondary N) is 1. The molecule has 0 aliphatic heterocycles. The summed E-state index contributed by atoms with van der Waals surface area (Å²) in [4.78, 5) is 12.3. The third-order valence-electron chi connectivity index (χ3n) is 4.41. The molecule has 2 nitrogen and oxygen atoms in total. The molecular formula is C16H23NO. The second kappa shape index (κ2) is 5.55. The molecular weight excluding hydrogens is 222 g/mol. The van der Waals surface area contributed by atoms with Crippen LogP contribution in [0, 0.1) is 18.8 Å². The van der Waals surface area contributed by atoms with Gasteiger partial charge in [-0.15, -0.1) is 0 Å². The van der Waals surface area contributed by atoms with Gasteiger partial charge in [0.05, 0.1) is 0 Å². The van der Waals surface area contributed by atoms with Gasteiger partial charge in [0.25, 0.3) is 5.91 Å². The van der Waals surface area contributed by atoms with Crippen molar-refractivity contribution in [2.75, 3.05) is 0 Å². The molecule has 2 rings (SSSR count). The van der Waals surface area contributed by atoms with E-state index in [1.54, 1.807) is 0 Å². The summed E-state index contributed by atoms with van der Waals surface area (Å²) in [5, 5.41) is 3.22. The average Bonchev–Trinajstić information content (AvgIpc) is 2.35. The third kappa shape index (κ3) is 2.74. The van der Waals surface area contributed by atoms with Gasteiger partial charge in [0.15, 0.2) is 0 Å². The maximum absolute atomic E-state index is 12.3. The SMILES string of the molecule is Cc1ccccc1C(=O)N[C@@H]1CCC[C@H](C)[C@H]1C. The Labute approximate surface area is 110 Å². The first-order chi connectivity index (χ1) is 8.59. The van der Waals surface area contributed by atoms with Gasteiger partial charge in [-0.1, -0.05) is 44.9 Å². The molecule has 1 amide bonds. The summed E-state index contributed by atoms with van der Waals surface area (Å²) < 4.78 is 0. The zero-order valence-corrected chi connectivity index (χ0v) is 11.6. The number of benzene rings is 1. The van der Waals surface area contributed by atoms with Crippen LogP contribution in [0.15, 0.2) is 24.3 Å². The Morgan fingerprint density at radius 2 is 1.94 bits per heavy atom. The van der Waals surface area contributed by atoms with Crippen LogP contribution in [0.1, 0.15) is 49.0 Å². The Kier molecular flexibility index (Phi) is 4.05. The van der Waals surface area contributed by atoms with Crippen LogP contribution < -0.4 is 5.32 Å². The van der Waals surface area contributed by atoms with Gasteiger partial charge in [0, 0.05) is 11.6 Å². The van der Waals surface area contributed by atoms with Crippen LogP contribution in [0.5, 0.6) is 0 Å². The molecule has 0 aromatic heterocycles. The number of rotatable bonds is 2. The van der Waals surface area contributed by atoms with E-state index < -0.39 is 0 Å². The molecule has 1 saturated carbocycles. The van der Waals surface area contributed by atoms with Crippen LogP contribution in [0.25, 0.3) is 0 Å². The van der Waals surface area contributed by atoms with E-state index in [9.17, 15) is 4.79 Å². The maximum Gasteiger partial charge on any atom is 0.251 e. The normalized spacial score (nSPS) is 27.8. The van der Waals surface area contributed by atoms with Crippen LogP contribution in [-0.2, 0) is 0 Å². The number of carbonyl (C=O) groups is 1. The van der Waals surface area contributed by atoms with Crippen molar-refractivity contribution in [1.29, 1.82) is 0 Å². The Morgan fingerprint density at radius 3 is 2.67 bits per heavy atom. The van der Waals surface area contributed by atoms with Gasteiger partial charge in [-0.3, -0.25) is 4.79 Å². The zero-order chi connectivity index (χ0) is 13.1. The van der Waals surface area contributed by atoms with Gasteiger partial charge in [0.2, 0.25) is 0 Å². The molecule has 0 saturated heterocycles. The van der Waals surface area contributed by atoms with Crippen molar-refractivity contribution in [2.45, 2.75) is 46.1 Å². The fourth-order valence-corrected chi connectivity index (χ4v) is 2.86. The van der Waals surface area contributed by atoms with Crippen molar-refractivity contribution in [3.63, 3.8) is 0 Å². The first-order valence-electron chi connectivity index (χ1n) is 6.96. The van der Waals surface area contributed by atoms with Crippen molar-refractivity contribution in [3.8, 4) is 0 Å². The lowest BCUT2D eigenvalue weighted by atomic mass is 9.78. The van der Waals surface area contributed by atoms with Crippen molar-refractivity contribution >= 4 is 5.91 Å². The second-order valence-electron chi connectivity index (χ2n) is 5.66. The van der Waals surface area contributed by atoms with Gasteiger partial charge in [0.1, 0.15) is 0 Å². The lowest BCUT2D eigenvalue weighted by Crippen LogP contribution is -2.43. The number of carbonyl (C=O) groups excluding carboxylic acids is 1. The molecule has 0 spiro atoms. The minimum Gasteiger partial charge on any atom is -0.349 e. The number of aryl methyl sites for hydroxylation is 1. The number of amides is 1. The monoisotopic (exact) mass is 245 g/mol. The van der Waals surface area contributed by atoms with E-state index in [2.05, 4.69) is 19.2 Å². The largest absolute Gasteiger partial charge is 0.349 e. The zero-order valence-electron chi connectivity index (χ0n) is 11.6. The first-order valence-corrected chi connectivity index (χ1v) is 6.96. The Balaban J connectivity index is 2.05. The summed E-state index contributed by atoms with van der Waals surface area (Å²) in [5.41, 5.74) is 1.86. The standard InChI is InChI=1S/C16H23NO/c1-11-8-6-10-15(13(11)3)17-16(18)14-9-5-4-7-12(14)2/h4-5,7,9,11,13,15H,6,8,10H2,1-3H3,(H,17,18)/t11-,13+,15+/m0/s1. The molecule has 18 heavy (non-hydrogen) atoms. The molecule has 0 heterocycles. The molecule has 3 atom stereocenters. The van der Waals surface area contributed by atoms with Gasteiger partial charge >= 0.3 is 0 Å². The third-order valence-corrected chi connectivity index (χ3v) is 4.41. The van der Waals surface area contributed by atoms with Crippen LogP contribution >= 0.6 is 0 Å². The first kappa shape index (κ1) is 13.1. The van der Waals surface area contributed by atoms with Crippen molar-refractivity contribution in [1.82, 2.24) is 5.32 Å². The van der Waals surface area contributed by atoms with Gasteiger partial charge in [-0.25, -0.2) is 0 Å². The smallest absolute Gasteiger partial charge is 0.251 e. The summed E-state index contributed by atoms with van der Waals surface area (Å²) in [6.07, 6.45) is 3.63. The highest BCUT2D eigenvalue weighted by Crippen LogP contribution is 2.29. The predicted molar refractivity (Wildman–Crippen MR) is 74.6 cm³/mol. The quantitative estimate of drug-likeness (QED) is 0.848. The van der Waals surface area contributed by atoms with E-state index in [1.165, 1.54) is 12.8 Å². The summed E-state index contributed by atoms with van der Waals surface area (Å²) in [5.74, 6) is 1.37. The van der Waals surface area contributed by atoms with E-state index in [0.29, 0.717) is 17.9 Å². The highest BCUT2D eigenvalue weighted by molar-refractivity contribution is 5.95. The molecule has 1 aromatic rings. The topological polar surface area (TPSA) is 29.1 Å². The summed E-state index contributed by atoms with van der Waals surface area (Å²) in [7, 11) is 0. The van der Waals surface area contributed by atoms with E-state index in [1.807, 2.05) is 31.2 Å². The molecule has 0 radical (unpaired) electrons. The molecule has 0 unspecified atom stereocenters. The fourth-order valence-electron chi connectivity index (χ4n) is 2.86. The molecule has 0 bridgehead atoms. The predicted octanol–water partition coefficient (Wildman–Crippen LogP) is 3.55. The molecule has 1 fully saturated rings. The van der Waals surface area contributed by atoms with Crippen molar-refractivity contribution in [2.24, 2.45) is 11.8 Å². The Morgan fingerprint density at radius 1 is 1.22 bits per heavy atom. The minimum absolute atomic E-state index is 0.0825. The van der Waals surface area contributed by atoms with Crippen molar-refractivity contribution in [3.05, 3.63) is 35.4 Å². The Hall–Kier alpha value is -1.31. The van der Waals surface area contributed by atoms with Crippen molar-refractivity contribution < 1.29 is 4.79 Å². The second-order valence-corrected chi connectivity index (χ2v) is 5.66. The van der Waals surface area contributed by atoms with Gasteiger partial charge in [-0.05, 0) is 36.8 Å².